The van der Waals surface area contributed by atoms with Crippen LogP contribution < -0.4 is 15.9 Å². The topological polar surface area (TPSA) is 176 Å². The molecule has 0 radical (unpaired) electrons. The maximum atomic E-state index is 12.7. The summed E-state index contributed by atoms with van der Waals surface area (Å²) in [4.78, 5) is 17.3. The number of methoxy groups -OCH3 is 1. The average Bonchev–Trinajstić information content (AvgIpc) is 3.17. The van der Waals surface area contributed by atoms with Crippen LogP contribution in [-0.2, 0) is 9.84 Å². The van der Waals surface area contributed by atoms with Crippen molar-refractivity contribution in [3.8, 4) is 5.75 Å². The molecular formula is C16H14N6O6S. The lowest BCUT2D eigenvalue weighted by Crippen LogP contribution is -2.09. The predicted octanol–water partition coefficient (Wildman–Crippen LogP) is 1.85. The summed E-state index contributed by atoms with van der Waals surface area (Å²) in [5, 5.41) is 14.3. The van der Waals surface area contributed by atoms with E-state index in [0.29, 0.717) is 5.75 Å². The Morgan fingerprint density at radius 3 is 2.59 bits per heavy atom. The molecule has 3 aromatic rings. The molecular weight excluding hydrogens is 404 g/mol. The first-order valence-corrected chi connectivity index (χ1v) is 9.34. The maximum Gasteiger partial charge on any atom is 0.433 e. The number of nitrogen functional groups attached to an aromatic ring is 1. The fourth-order valence-corrected chi connectivity index (χ4v) is 3.45. The van der Waals surface area contributed by atoms with Gasteiger partial charge in [0.15, 0.2) is 5.76 Å². The Kier molecular flexibility index (Phi) is 5.40. The van der Waals surface area contributed by atoms with Gasteiger partial charge < -0.3 is 14.9 Å². The molecule has 0 spiro atoms. The Morgan fingerprint density at radius 2 is 2.00 bits per heavy atom. The van der Waals surface area contributed by atoms with Crippen LogP contribution in [0.1, 0.15) is 5.76 Å². The number of hydrazone groups is 1. The van der Waals surface area contributed by atoms with E-state index in [4.69, 9.17) is 14.9 Å². The van der Waals surface area contributed by atoms with Gasteiger partial charge in [-0.2, -0.15) is 10.1 Å². The summed E-state index contributed by atoms with van der Waals surface area (Å²) in [6.45, 7) is 0. The van der Waals surface area contributed by atoms with E-state index in [2.05, 4.69) is 20.5 Å². The van der Waals surface area contributed by atoms with E-state index >= 15 is 0 Å². The van der Waals surface area contributed by atoms with Crippen LogP contribution in [0.25, 0.3) is 0 Å². The first-order valence-electron chi connectivity index (χ1n) is 7.86. The van der Waals surface area contributed by atoms with Crippen molar-refractivity contribution in [3.05, 3.63) is 58.5 Å². The van der Waals surface area contributed by atoms with Gasteiger partial charge in [0, 0.05) is 0 Å². The average molecular weight is 418 g/mol. The number of nitrogens with two attached hydrogens (primary N) is 1. The fourth-order valence-electron chi connectivity index (χ4n) is 2.19. The first kappa shape index (κ1) is 19.8. The van der Waals surface area contributed by atoms with Gasteiger partial charge in [-0.1, -0.05) is 0 Å². The van der Waals surface area contributed by atoms with E-state index in [9.17, 15) is 18.5 Å². The standard InChI is InChI=1S/C16H14N6O6S/c1-27-10-2-5-12(6-3-10)29(25,26)13-9-18-16(20-15(13)17)21-19-8-11-4-7-14(28-11)22(23)24/h2-9H,1H3,(H3,17,18,20,21)/b19-8+. The summed E-state index contributed by atoms with van der Waals surface area (Å²) in [7, 11) is -2.46. The Morgan fingerprint density at radius 1 is 1.28 bits per heavy atom. The third-order valence-electron chi connectivity index (χ3n) is 3.59. The molecule has 0 aliphatic rings. The molecule has 2 aromatic heterocycles. The molecule has 1 aromatic carbocycles. The molecule has 3 N–H and O–H groups in total. The van der Waals surface area contributed by atoms with Gasteiger partial charge in [-0.15, -0.1) is 0 Å². The maximum absolute atomic E-state index is 12.7. The number of hydrogen-bond donors (Lipinski definition) is 2. The molecule has 12 nitrogen and oxygen atoms in total. The van der Waals surface area contributed by atoms with Gasteiger partial charge in [0.05, 0.1) is 30.5 Å². The lowest BCUT2D eigenvalue weighted by molar-refractivity contribution is -0.402. The van der Waals surface area contributed by atoms with Crippen LogP contribution in [0.3, 0.4) is 0 Å². The predicted molar refractivity (Wildman–Crippen MR) is 101 cm³/mol. The minimum atomic E-state index is -3.93. The zero-order chi connectivity index (χ0) is 21.0. The zero-order valence-corrected chi connectivity index (χ0v) is 15.7. The molecule has 29 heavy (non-hydrogen) atoms. The lowest BCUT2D eigenvalue weighted by atomic mass is 10.3. The molecule has 0 saturated carbocycles. The van der Waals surface area contributed by atoms with Gasteiger partial charge in [0.1, 0.15) is 21.4 Å². The molecule has 13 heteroatoms. The van der Waals surface area contributed by atoms with E-state index in [-0.39, 0.29) is 27.3 Å². The number of aromatic nitrogens is 2. The summed E-state index contributed by atoms with van der Waals surface area (Å²) in [5.74, 6) is -0.154. The van der Waals surface area contributed by atoms with E-state index < -0.39 is 20.6 Å². The van der Waals surface area contributed by atoms with Crippen molar-refractivity contribution in [1.29, 1.82) is 0 Å². The number of sulfone groups is 1. The number of ether oxygens (including phenoxy) is 1. The van der Waals surface area contributed by atoms with Crippen LogP contribution in [0.5, 0.6) is 5.75 Å². The summed E-state index contributed by atoms with van der Waals surface area (Å²) >= 11 is 0. The van der Waals surface area contributed by atoms with E-state index in [0.717, 1.165) is 12.4 Å². The molecule has 0 bridgehead atoms. The van der Waals surface area contributed by atoms with Crippen LogP contribution >= 0.6 is 0 Å². The normalized spacial score (nSPS) is 11.5. The number of furan rings is 1. The molecule has 0 aliphatic heterocycles. The SMILES string of the molecule is COc1ccc(S(=O)(=O)c2cnc(N/N=C/c3ccc([N+](=O)[O-])o3)nc2N)cc1. The molecule has 0 aliphatic carbocycles. The van der Waals surface area contributed by atoms with Crippen molar-refractivity contribution in [3.63, 3.8) is 0 Å². The van der Waals surface area contributed by atoms with E-state index in [1.165, 1.54) is 43.5 Å². The number of rotatable bonds is 7. The minimum Gasteiger partial charge on any atom is -0.497 e. The van der Waals surface area contributed by atoms with Crippen molar-refractivity contribution in [1.82, 2.24) is 9.97 Å². The minimum absolute atomic E-state index is 0.00624. The highest BCUT2D eigenvalue weighted by atomic mass is 32.2. The number of benzene rings is 1. The number of nitrogens with one attached hydrogen (secondary N) is 1. The molecule has 3 rings (SSSR count). The highest BCUT2D eigenvalue weighted by Crippen LogP contribution is 2.26. The molecule has 150 valence electrons. The number of anilines is 2. The van der Waals surface area contributed by atoms with Gasteiger partial charge >= 0.3 is 5.88 Å². The molecule has 0 atom stereocenters. The van der Waals surface area contributed by atoms with Crippen molar-refractivity contribution in [2.24, 2.45) is 5.10 Å². The van der Waals surface area contributed by atoms with Gasteiger partial charge in [-0.3, -0.25) is 10.1 Å². The fraction of sp³-hybridized carbons (Fsp3) is 0.0625. The summed E-state index contributed by atoms with van der Waals surface area (Å²) < 4.78 is 35.3. The van der Waals surface area contributed by atoms with Gasteiger partial charge in [0.2, 0.25) is 15.8 Å². The second kappa shape index (κ2) is 7.93. The van der Waals surface area contributed by atoms with Gasteiger partial charge in [0.25, 0.3) is 0 Å². The van der Waals surface area contributed by atoms with Crippen molar-refractivity contribution < 1.29 is 22.5 Å². The molecule has 0 fully saturated rings. The van der Waals surface area contributed by atoms with Crippen molar-refractivity contribution in [2.45, 2.75) is 9.79 Å². The second-order valence-electron chi connectivity index (χ2n) is 5.43. The second-order valence-corrected chi connectivity index (χ2v) is 7.34. The first-order chi connectivity index (χ1) is 13.8. The lowest BCUT2D eigenvalue weighted by Gasteiger charge is -2.08. The van der Waals surface area contributed by atoms with Crippen LogP contribution in [0.15, 0.2) is 61.9 Å². The van der Waals surface area contributed by atoms with Gasteiger partial charge in [-0.25, -0.2) is 18.8 Å². The quantitative estimate of drug-likeness (QED) is 0.327. The smallest absolute Gasteiger partial charge is 0.433 e. The largest absolute Gasteiger partial charge is 0.497 e. The Hall–Kier alpha value is -4.00. The van der Waals surface area contributed by atoms with Crippen LogP contribution in [-0.4, -0.2) is 36.6 Å². The summed E-state index contributed by atoms with van der Waals surface area (Å²) in [5.41, 5.74) is 8.21. The number of nitro groups is 1. The monoisotopic (exact) mass is 418 g/mol. The third kappa shape index (κ3) is 4.30. The highest BCUT2D eigenvalue weighted by molar-refractivity contribution is 7.91. The van der Waals surface area contributed by atoms with E-state index in [1.54, 1.807) is 0 Å². The zero-order valence-electron chi connectivity index (χ0n) is 14.8. The van der Waals surface area contributed by atoms with Crippen LogP contribution in [0.4, 0.5) is 17.7 Å². The molecule has 0 amide bonds. The summed E-state index contributed by atoms with van der Waals surface area (Å²) in [6, 6.07) is 8.30. The van der Waals surface area contributed by atoms with Crippen molar-refractivity contribution >= 4 is 33.7 Å². The Balaban J connectivity index is 1.76. The summed E-state index contributed by atoms with van der Waals surface area (Å²) in [6.07, 6.45) is 2.21. The molecule has 2 heterocycles. The molecule has 0 unspecified atom stereocenters. The highest BCUT2D eigenvalue weighted by Gasteiger charge is 2.22. The van der Waals surface area contributed by atoms with Gasteiger partial charge in [-0.05, 0) is 30.3 Å². The molecule has 0 saturated heterocycles. The Bertz CT molecular complexity index is 1170. The number of hydrogen-bond acceptors (Lipinski definition) is 11. The van der Waals surface area contributed by atoms with Crippen LogP contribution in [0.2, 0.25) is 0 Å². The third-order valence-corrected chi connectivity index (χ3v) is 5.38. The van der Waals surface area contributed by atoms with Crippen molar-refractivity contribution in [2.75, 3.05) is 18.3 Å². The van der Waals surface area contributed by atoms with E-state index in [1.807, 2.05) is 0 Å². The van der Waals surface area contributed by atoms with Crippen LogP contribution in [0, 0.1) is 10.1 Å². The Labute approximate surface area is 164 Å². The number of nitrogens with zero attached hydrogens (tertiary/aromatic N) is 4.